The van der Waals surface area contributed by atoms with Crippen LogP contribution in [0.5, 0.6) is 0 Å². The molecule has 0 fully saturated rings. The van der Waals surface area contributed by atoms with E-state index in [1.54, 1.807) is 6.08 Å². The van der Waals surface area contributed by atoms with Crippen molar-refractivity contribution in [1.29, 1.82) is 0 Å². The Morgan fingerprint density at radius 2 is 1.57 bits per heavy atom. The Bertz CT molecular complexity index is 1080. The third-order valence-electron chi connectivity index (χ3n) is 5.59. The predicted molar refractivity (Wildman–Crippen MR) is 122 cm³/mol. The predicted octanol–water partition coefficient (Wildman–Crippen LogP) is 7.49. The van der Waals surface area contributed by atoms with E-state index in [0.717, 1.165) is 22.5 Å². The zero-order valence-electron chi connectivity index (χ0n) is 16.5. The highest BCUT2D eigenvalue weighted by Gasteiger charge is 2.37. The maximum atomic E-state index is 3.89. The van der Waals surface area contributed by atoms with Gasteiger partial charge in [0.15, 0.2) is 0 Å². The van der Waals surface area contributed by atoms with Gasteiger partial charge in [0.1, 0.15) is 0 Å². The summed E-state index contributed by atoms with van der Waals surface area (Å²) in [4.78, 5) is 0. The van der Waals surface area contributed by atoms with E-state index in [2.05, 4.69) is 99.1 Å². The van der Waals surface area contributed by atoms with Gasteiger partial charge < -0.3 is 5.32 Å². The quantitative estimate of drug-likeness (QED) is 0.463. The van der Waals surface area contributed by atoms with Crippen LogP contribution in [0.2, 0.25) is 0 Å². The van der Waals surface area contributed by atoms with Crippen molar-refractivity contribution < 1.29 is 0 Å². The first-order valence-corrected chi connectivity index (χ1v) is 9.62. The minimum Gasteiger partial charge on any atom is -0.355 e. The van der Waals surface area contributed by atoms with Crippen LogP contribution in [0, 0.1) is 0 Å². The molecule has 0 aliphatic heterocycles. The van der Waals surface area contributed by atoms with E-state index < -0.39 is 0 Å². The zero-order chi connectivity index (χ0) is 19.7. The summed E-state index contributed by atoms with van der Waals surface area (Å²) in [5, 5.41) is 3.65. The third-order valence-corrected chi connectivity index (χ3v) is 5.59. The van der Waals surface area contributed by atoms with Crippen molar-refractivity contribution in [3.05, 3.63) is 115 Å². The van der Waals surface area contributed by atoms with Crippen LogP contribution in [0.3, 0.4) is 0 Å². The van der Waals surface area contributed by atoms with Crippen LogP contribution in [0.25, 0.3) is 16.7 Å². The van der Waals surface area contributed by atoms with Gasteiger partial charge in [-0.05, 0) is 51.6 Å². The van der Waals surface area contributed by atoms with E-state index in [4.69, 9.17) is 0 Å². The van der Waals surface area contributed by atoms with Crippen LogP contribution >= 0.6 is 0 Å². The molecule has 3 aromatic carbocycles. The molecule has 138 valence electrons. The number of anilines is 2. The summed E-state index contributed by atoms with van der Waals surface area (Å²) < 4.78 is 0. The van der Waals surface area contributed by atoms with Gasteiger partial charge >= 0.3 is 0 Å². The van der Waals surface area contributed by atoms with Crippen molar-refractivity contribution in [1.82, 2.24) is 0 Å². The molecule has 0 saturated carbocycles. The van der Waals surface area contributed by atoms with Gasteiger partial charge in [-0.15, -0.1) is 0 Å². The molecule has 1 aliphatic carbocycles. The normalized spacial score (nSPS) is 14.1. The second-order valence-electron chi connectivity index (χ2n) is 7.66. The van der Waals surface area contributed by atoms with E-state index >= 15 is 0 Å². The van der Waals surface area contributed by atoms with Crippen LogP contribution in [-0.4, -0.2) is 0 Å². The standard InChI is InChI=1S/C27H25N/c1-5-10-19(6-2)20-15-17-21(18-16-20)28-25-14-9-12-23-22-11-7-8-13-24(22)27(3,4)26(23)25/h5-18,28H,1-2H2,3-4H3/b19-10+. The zero-order valence-corrected chi connectivity index (χ0v) is 16.5. The molecule has 4 rings (SSSR count). The fourth-order valence-electron chi connectivity index (χ4n) is 4.26. The Morgan fingerprint density at radius 1 is 0.857 bits per heavy atom. The summed E-state index contributed by atoms with van der Waals surface area (Å²) in [6.45, 7) is 12.3. The minimum absolute atomic E-state index is 0.0296. The lowest BCUT2D eigenvalue weighted by molar-refractivity contribution is 0.662. The topological polar surface area (TPSA) is 12.0 Å². The lowest BCUT2D eigenvalue weighted by Gasteiger charge is -2.24. The molecule has 0 radical (unpaired) electrons. The number of benzene rings is 3. The van der Waals surface area contributed by atoms with Crippen molar-refractivity contribution in [3.63, 3.8) is 0 Å². The minimum atomic E-state index is -0.0296. The molecule has 28 heavy (non-hydrogen) atoms. The lowest BCUT2D eigenvalue weighted by Crippen LogP contribution is -2.16. The van der Waals surface area contributed by atoms with Gasteiger partial charge in [-0.3, -0.25) is 0 Å². The fraction of sp³-hybridized carbons (Fsp3) is 0.111. The Labute approximate surface area is 167 Å². The molecule has 1 nitrogen and oxygen atoms in total. The van der Waals surface area contributed by atoms with Crippen LogP contribution in [-0.2, 0) is 5.41 Å². The summed E-state index contributed by atoms with van der Waals surface area (Å²) in [7, 11) is 0. The van der Waals surface area contributed by atoms with Crippen molar-refractivity contribution in [2.75, 3.05) is 5.32 Å². The van der Waals surface area contributed by atoms with Gasteiger partial charge in [-0.25, -0.2) is 0 Å². The van der Waals surface area contributed by atoms with E-state index in [-0.39, 0.29) is 5.41 Å². The monoisotopic (exact) mass is 363 g/mol. The van der Waals surface area contributed by atoms with Crippen molar-refractivity contribution in [3.8, 4) is 11.1 Å². The number of hydrogen-bond acceptors (Lipinski definition) is 1. The lowest BCUT2D eigenvalue weighted by atomic mass is 9.81. The van der Waals surface area contributed by atoms with Crippen molar-refractivity contribution >= 4 is 16.9 Å². The van der Waals surface area contributed by atoms with E-state index in [9.17, 15) is 0 Å². The van der Waals surface area contributed by atoms with Crippen LogP contribution in [0.15, 0.2) is 98.1 Å². The summed E-state index contributed by atoms with van der Waals surface area (Å²) in [5.74, 6) is 0. The molecular weight excluding hydrogens is 338 g/mol. The number of allylic oxidation sites excluding steroid dienone is 4. The van der Waals surface area contributed by atoms with Gasteiger partial charge in [0.25, 0.3) is 0 Å². The van der Waals surface area contributed by atoms with Gasteiger partial charge in [-0.1, -0.05) is 93.8 Å². The summed E-state index contributed by atoms with van der Waals surface area (Å²) >= 11 is 0. The van der Waals surface area contributed by atoms with Crippen LogP contribution in [0.1, 0.15) is 30.5 Å². The summed E-state index contributed by atoms with van der Waals surface area (Å²) in [5.41, 5.74) is 9.82. The maximum Gasteiger partial charge on any atom is 0.0431 e. The molecule has 0 aromatic heterocycles. The SMILES string of the molecule is C=C/C=C(\C=C)c1ccc(Nc2cccc3c2C(C)(C)c2ccccc2-3)cc1. The molecule has 1 aliphatic rings. The average molecular weight is 364 g/mol. The van der Waals surface area contributed by atoms with Gasteiger partial charge in [0, 0.05) is 16.8 Å². The Morgan fingerprint density at radius 3 is 2.29 bits per heavy atom. The highest BCUT2D eigenvalue weighted by atomic mass is 14.9. The number of hydrogen-bond donors (Lipinski definition) is 1. The molecule has 1 heteroatoms. The van der Waals surface area contributed by atoms with Crippen LogP contribution in [0.4, 0.5) is 11.4 Å². The molecular formula is C27H25N. The second-order valence-corrected chi connectivity index (χ2v) is 7.66. The molecule has 0 amide bonds. The van der Waals surface area contributed by atoms with Crippen LogP contribution < -0.4 is 5.32 Å². The molecule has 0 bridgehead atoms. The largest absolute Gasteiger partial charge is 0.355 e. The molecule has 1 N–H and O–H groups in total. The van der Waals surface area contributed by atoms with Crippen molar-refractivity contribution in [2.24, 2.45) is 0 Å². The van der Waals surface area contributed by atoms with E-state index in [1.165, 1.54) is 22.3 Å². The Balaban J connectivity index is 1.71. The van der Waals surface area contributed by atoms with E-state index in [1.807, 2.05) is 12.2 Å². The van der Waals surface area contributed by atoms with Gasteiger partial charge in [-0.2, -0.15) is 0 Å². The number of nitrogens with one attached hydrogen (secondary N) is 1. The van der Waals surface area contributed by atoms with Crippen molar-refractivity contribution in [2.45, 2.75) is 19.3 Å². The highest BCUT2D eigenvalue weighted by molar-refractivity contribution is 5.87. The fourth-order valence-corrected chi connectivity index (χ4v) is 4.26. The molecule has 0 spiro atoms. The van der Waals surface area contributed by atoms with Gasteiger partial charge in [0.2, 0.25) is 0 Å². The second kappa shape index (κ2) is 7.01. The molecule has 0 atom stereocenters. The third kappa shape index (κ3) is 2.90. The first kappa shape index (κ1) is 18.1. The molecule has 3 aromatic rings. The molecule has 0 unspecified atom stereocenters. The maximum absolute atomic E-state index is 3.89. The summed E-state index contributed by atoms with van der Waals surface area (Å²) in [6, 6.07) is 23.7. The summed E-state index contributed by atoms with van der Waals surface area (Å²) in [6.07, 6.45) is 5.61. The van der Waals surface area contributed by atoms with Gasteiger partial charge in [0.05, 0.1) is 0 Å². The Hall–Kier alpha value is -3.32. The molecule has 0 heterocycles. The first-order chi connectivity index (χ1) is 13.6. The Kier molecular flexibility index (Phi) is 4.52. The highest BCUT2D eigenvalue weighted by Crippen LogP contribution is 2.51. The smallest absolute Gasteiger partial charge is 0.0431 e. The van der Waals surface area contributed by atoms with E-state index in [0.29, 0.717) is 0 Å². The molecule has 0 saturated heterocycles. The first-order valence-electron chi connectivity index (χ1n) is 9.62. The average Bonchev–Trinajstić information content (AvgIpc) is 2.95. The number of fused-ring (bicyclic) bond motifs is 3. The number of rotatable bonds is 5.